The summed E-state index contributed by atoms with van der Waals surface area (Å²) >= 11 is 11.7. The monoisotopic (exact) mass is 296 g/mol. The number of hydrogen-bond donors (Lipinski definition) is 2. The summed E-state index contributed by atoms with van der Waals surface area (Å²) in [6.07, 6.45) is -0.658. The lowest BCUT2D eigenvalue weighted by Crippen LogP contribution is -2.16. The molecule has 0 unspecified atom stereocenters. The smallest absolute Gasteiger partial charge is 0.408 e. The molecule has 0 aliphatic heterocycles. The third-order valence-electron chi connectivity index (χ3n) is 2.27. The number of nitrogens with two attached hydrogens (primary N) is 1. The average Bonchev–Trinajstić information content (AvgIpc) is 2.37. The second-order valence-corrected chi connectivity index (χ2v) is 4.50. The molecule has 3 N–H and O–H groups in total. The topological polar surface area (TPSA) is 64.3 Å². The van der Waals surface area contributed by atoms with Gasteiger partial charge in [-0.15, -0.1) is 0 Å². The number of ether oxygens (including phenoxy) is 1. The van der Waals surface area contributed by atoms with Gasteiger partial charge in [0.05, 0.1) is 15.7 Å². The summed E-state index contributed by atoms with van der Waals surface area (Å²) < 4.78 is 5.06. The van der Waals surface area contributed by atoms with Gasteiger partial charge in [-0.3, -0.25) is 5.32 Å². The highest BCUT2D eigenvalue weighted by Crippen LogP contribution is 2.32. The van der Waals surface area contributed by atoms with Gasteiger partial charge in [-0.05, 0) is 18.2 Å². The van der Waals surface area contributed by atoms with Crippen molar-refractivity contribution in [3.8, 4) is 5.75 Å². The van der Waals surface area contributed by atoms with Crippen LogP contribution < -0.4 is 15.8 Å². The number of hydrogen-bond acceptors (Lipinski definition) is 3. The number of para-hydroxylation sites is 1. The third-order valence-corrected chi connectivity index (χ3v) is 2.90. The Hall–Kier alpha value is -1.91. The molecule has 0 fully saturated rings. The maximum atomic E-state index is 11.7. The predicted molar refractivity (Wildman–Crippen MR) is 77.0 cm³/mol. The van der Waals surface area contributed by atoms with Crippen molar-refractivity contribution in [2.45, 2.75) is 0 Å². The van der Waals surface area contributed by atoms with Crippen molar-refractivity contribution in [2.75, 3.05) is 11.1 Å². The Morgan fingerprint density at radius 1 is 1.11 bits per heavy atom. The summed E-state index contributed by atoms with van der Waals surface area (Å²) in [6.45, 7) is 0. The molecular formula is C13H10Cl2N2O2. The Morgan fingerprint density at radius 3 is 2.47 bits per heavy atom. The van der Waals surface area contributed by atoms with Crippen LogP contribution >= 0.6 is 23.2 Å². The van der Waals surface area contributed by atoms with Crippen LogP contribution in [0.25, 0.3) is 0 Å². The number of benzene rings is 2. The Kier molecular flexibility index (Phi) is 4.14. The maximum absolute atomic E-state index is 11.7. The summed E-state index contributed by atoms with van der Waals surface area (Å²) in [6, 6.07) is 11.7. The molecular weight excluding hydrogens is 287 g/mol. The molecule has 6 heteroatoms. The Balaban J connectivity index is 2.09. The number of amides is 1. The van der Waals surface area contributed by atoms with Crippen LogP contribution in [0.5, 0.6) is 5.75 Å². The summed E-state index contributed by atoms with van der Waals surface area (Å²) in [5, 5.41) is 3.04. The molecule has 2 aromatic carbocycles. The average molecular weight is 297 g/mol. The maximum Gasteiger partial charge on any atom is 0.417 e. The SMILES string of the molecule is Nc1cc(Cl)c(OC(=O)Nc2ccccc2)cc1Cl. The summed E-state index contributed by atoms with van der Waals surface area (Å²) in [7, 11) is 0. The van der Waals surface area contributed by atoms with E-state index in [1.54, 1.807) is 24.3 Å². The third kappa shape index (κ3) is 3.53. The Bertz CT molecular complexity index is 603. The van der Waals surface area contributed by atoms with E-state index >= 15 is 0 Å². The first-order chi connectivity index (χ1) is 9.06. The number of halogens is 2. The van der Waals surface area contributed by atoms with Crippen molar-refractivity contribution in [3.63, 3.8) is 0 Å². The van der Waals surface area contributed by atoms with Gasteiger partial charge in [-0.25, -0.2) is 4.79 Å². The first-order valence-corrected chi connectivity index (χ1v) is 6.10. The number of nitrogens with one attached hydrogen (secondary N) is 1. The van der Waals surface area contributed by atoms with Crippen LogP contribution in [0.1, 0.15) is 0 Å². The van der Waals surface area contributed by atoms with Gasteiger partial charge in [0.15, 0.2) is 5.75 Å². The summed E-state index contributed by atoms with van der Waals surface area (Å²) in [5.74, 6) is 0.147. The van der Waals surface area contributed by atoms with E-state index in [-0.39, 0.29) is 15.8 Å². The quantitative estimate of drug-likeness (QED) is 0.817. The van der Waals surface area contributed by atoms with Gasteiger partial charge in [-0.1, -0.05) is 41.4 Å². The second kappa shape index (κ2) is 5.82. The van der Waals surface area contributed by atoms with E-state index < -0.39 is 6.09 Å². The standard InChI is InChI=1S/C13H10Cl2N2O2/c14-9-7-12(10(15)6-11(9)16)19-13(18)17-8-4-2-1-3-5-8/h1-7H,16H2,(H,17,18). The number of anilines is 2. The molecule has 0 saturated carbocycles. The molecule has 0 bridgehead atoms. The lowest BCUT2D eigenvalue weighted by atomic mass is 10.3. The second-order valence-electron chi connectivity index (χ2n) is 3.68. The molecule has 0 aromatic heterocycles. The molecule has 2 rings (SSSR count). The van der Waals surface area contributed by atoms with E-state index in [4.69, 9.17) is 33.7 Å². The number of carbonyl (C=O) groups is 1. The van der Waals surface area contributed by atoms with Gasteiger partial charge in [0, 0.05) is 11.8 Å². The van der Waals surface area contributed by atoms with Crippen LogP contribution in [0, 0.1) is 0 Å². The lowest BCUT2D eigenvalue weighted by molar-refractivity contribution is 0.215. The van der Waals surface area contributed by atoms with Crippen molar-refractivity contribution in [2.24, 2.45) is 0 Å². The summed E-state index contributed by atoms with van der Waals surface area (Å²) in [5.41, 5.74) is 6.51. The van der Waals surface area contributed by atoms with E-state index in [2.05, 4.69) is 5.32 Å². The van der Waals surface area contributed by atoms with Crippen molar-refractivity contribution < 1.29 is 9.53 Å². The molecule has 0 spiro atoms. The Morgan fingerprint density at radius 2 is 1.79 bits per heavy atom. The van der Waals surface area contributed by atoms with Gasteiger partial charge in [-0.2, -0.15) is 0 Å². The molecule has 2 aromatic rings. The van der Waals surface area contributed by atoms with E-state index in [1.807, 2.05) is 6.07 Å². The van der Waals surface area contributed by atoms with Crippen LogP contribution in [0.2, 0.25) is 10.0 Å². The van der Waals surface area contributed by atoms with Crippen molar-refractivity contribution in [1.29, 1.82) is 0 Å². The fourth-order valence-electron chi connectivity index (χ4n) is 1.39. The van der Waals surface area contributed by atoms with E-state index in [1.165, 1.54) is 12.1 Å². The van der Waals surface area contributed by atoms with Gasteiger partial charge >= 0.3 is 6.09 Å². The summed E-state index contributed by atoms with van der Waals surface area (Å²) in [4.78, 5) is 11.7. The minimum Gasteiger partial charge on any atom is -0.408 e. The number of carbonyl (C=O) groups excluding carboxylic acids is 1. The van der Waals surface area contributed by atoms with E-state index in [0.29, 0.717) is 11.4 Å². The normalized spacial score (nSPS) is 10.0. The van der Waals surface area contributed by atoms with E-state index in [9.17, 15) is 4.79 Å². The number of rotatable bonds is 2. The molecule has 0 heterocycles. The largest absolute Gasteiger partial charge is 0.417 e. The minimum absolute atomic E-state index is 0.147. The van der Waals surface area contributed by atoms with E-state index in [0.717, 1.165) is 0 Å². The molecule has 19 heavy (non-hydrogen) atoms. The van der Waals surface area contributed by atoms with Crippen LogP contribution in [-0.2, 0) is 0 Å². The lowest BCUT2D eigenvalue weighted by Gasteiger charge is -2.09. The molecule has 0 atom stereocenters. The Labute approximate surface area is 120 Å². The van der Waals surface area contributed by atoms with Gasteiger partial charge in [0.2, 0.25) is 0 Å². The molecule has 0 radical (unpaired) electrons. The zero-order valence-corrected chi connectivity index (χ0v) is 11.2. The molecule has 1 amide bonds. The van der Waals surface area contributed by atoms with Crippen LogP contribution in [0.4, 0.5) is 16.2 Å². The van der Waals surface area contributed by atoms with Crippen molar-refractivity contribution in [1.82, 2.24) is 0 Å². The highest BCUT2D eigenvalue weighted by molar-refractivity contribution is 6.36. The van der Waals surface area contributed by atoms with Gasteiger partial charge in [0.25, 0.3) is 0 Å². The zero-order chi connectivity index (χ0) is 13.8. The first kappa shape index (κ1) is 13.5. The molecule has 0 saturated heterocycles. The first-order valence-electron chi connectivity index (χ1n) is 5.34. The predicted octanol–water partition coefficient (Wildman–Crippen LogP) is 4.19. The fourth-order valence-corrected chi connectivity index (χ4v) is 1.75. The molecule has 0 aliphatic rings. The zero-order valence-electron chi connectivity index (χ0n) is 9.69. The van der Waals surface area contributed by atoms with Gasteiger partial charge in [0.1, 0.15) is 0 Å². The molecule has 98 valence electrons. The minimum atomic E-state index is -0.658. The van der Waals surface area contributed by atoms with Gasteiger partial charge < -0.3 is 10.5 Å². The van der Waals surface area contributed by atoms with Crippen LogP contribution in [-0.4, -0.2) is 6.09 Å². The van der Waals surface area contributed by atoms with Crippen LogP contribution in [0.15, 0.2) is 42.5 Å². The fraction of sp³-hybridized carbons (Fsp3) is 0. The molecule has 4 nitrogen and oxygen atoms in total. The van der Waals surface area contributed by atoms with Crippen molar-refractivity contribution in [3.05, 3.63) is 52.5 Å². The van der Waals surface area contributed by atoms with Crippen LogP contribution in [0.3, 0.4) is 0 Å². The molecule has 0 aliphatic carbocycles. The highest BCUT2D eigenvalue weighted by atomic mass is 35.5. The highest BCUT2D eigenvalue weighted by Gasteiger charge is 2.11. The number of nitrogen functional groups attached to an aromatic ring is 1. The van der Waals surface area contributed by atoms with Crippen molar-refractivity contribution >= 4 is 40.7 Å².